The number of fused-ring (bicyclic) bond motifs is 5. The van der Waals surface area contributed by atoms with Crippen molar-refractivity contribution in [2.24, 2.45) is 28.6 Å². The Morgan fingerprint density at radius 3 is 2.65 bits per heavy atom. The van der Waals surface area contributed by atoms with Crippen molar-refractivity contribution >= 4 is 22.6 Å². The highest BCUT2D eigenvalue weighted by molar-refractivity contribution is 14.1. The summed E-state index contributed by atoms with van der Waals surface area (Å²) in [6, 6.07) is 0. The van der Waals surface area contributed by atoms with Crippen molar-refractivity contribution in [2.75, 3.05) is 6.61 Å². The van der Waals surface area contributed by atoms with Gasteiger partial charge in [0.25, 0.3) is 0 Å². The fourth-order valence-electron chi connectivity index (χ4n) is 7.13. The van der Waals surface area contributed by atoms with Crippen LogP contribution in [0.1, 0.15) is 72.1 Å². The minimum absolute atomic E-state index is 0.0876. The first-order valence-corrected chi connectivity index (χ1v) is 11.7. The molecule has 26 heavy (non-hydrogen) atoms. The molecule has 0 spiro atoms. The SMILES string of the molecule is CC(CO)O[C@@]1(I)CCC2C3CC=C4C[C@@H](O)CC[C@]4(C)C3CC[C@@]21C. The Balaban J connectivity index is 1.62. The molecule has 3 saturated carbocycles. The largest absolute Gasteiger partial charge is 0.394 e. The smallest absolute Gasteiger partial charge is 0.125 e. The van der Waals surface area contributed by atoms with E-state index in [1.165, 1.54) is 25.7 Å². The van der Waals surface area contributed by atoms with Crippen LogP contribution in [0, 0.1) is 28.6 Å². The summed E-state index contributed by atoms with van der Waals surface area (Å²) in [7, 11) is 0. The first-order valence-electron chi connectivity index (χ1n) is 10.6. The zero-order chi connectivity index (χ0) is 18.7. The molecule has 0 aromatic carbocycles. The van der Waals surface area contributed by atoms with E-state index in [2.05, 4.69) is 42.5 Å². The number of rotatable bonds is 3. The lowest BCUT2D eigenvalue weighted by molar-refractivity contribution is -0.128. The Morgan fingerprint density at radius 1 is 1.19 bits per heavy atom. The highest BCUT2D eigenvalue weighted by Crippen LogP contribution is 2.69. The summed E-state index contributed by atoms with van der Waals surface area (Å²) in [5.41, 5.74) is 2.05. The third-order valence-corrected chi connectivity index (χ3v) is 10.8. The highest BCUT2D eigenvalue weighted by atomic mass is 127. The number of alkyl halides is 1. The van der Waals surface area contributed by atoms with Crippen molar-refractivity contribution in [1.82, 2.24) is 0 Å². The van der Waals surface area contributed by atoms with Crippen molar-refractivity contribution in [3.63, 3.8) is 0 Å². The van der Waals surface area contributed by atoms with E-state index in [4.69, 9.17) is 4.74 Å². The van der Waals surface area contributed by atoms with Crippen molar-refractivity contribution in [3.05, 3.63) is 11.6 Å². The Bertz CT molecular complexity index is 592. The van der Waals surface area contributed by atoms with Gasteiger partial charge in [-0.25, -0.2) is 0 Å². The molecule has 4 rings (SSSR count). The van der Waals surface area contributed by atoms with Gasteiger partial charge in [-0.3, -0.25) is 0 Å². The zero-order valence-electron chi connectivity index (χ0n) is 16.5. The van der Waals surface area contributed by atoms with E-state index in [-0.39, 0.29) is 27.8 Å². The molecule has 4 aliphatic carbocycles. The zero-order valence-corrected chi connectivity index (χ0v) is 18.7. The Labute approximate surface area is 172 Å². The van der Waals surface area contributed by atoms with Crippen LogP contribution in [0.3, 0.4) is 0 Å². The van der Waals surface area contributed by atoms with E-state index in [0.29, 0.717) is 11.3 Å². The van der Waals surface area contributed by atoms with E-state index >= 15 is 0 Å². The predicted molar refractivity (Wildman–Crippen MR) is 112 cm³/mol. The van der Waals surface area contributed by atoms with E-state index in [0.717, 1.165) is 37.5 Å². The van der Waals surface area contributed by atoms with Gasteiger partial charge in [-0.15, -0.1) is 0 Å². The second-order valence-electron chi connectivity index (χ2n) is 9.99. The molecule has 0 aromatic heterocycles. The molecule has 4 heteroatoms. The number of hydrogen-bond acceptors (Lipinski definition) is 3. The lowest BCUT2D eigenvalue weighted by atomic mass is 9.48. The van der Waals surface area contributed by atoms with Gasteiger partial charge in [-0.2, -0.15) is 0 Å². The van der Waals surface area contributed by atoms with Crippen molar-refractivity contribution in [3.8, 4) is 0 Å². The molecular formula is C22H35IO3. The minimum Gasteiger partial charge on any atom is -0.394 e. The minimum atomic E-state index is -0.143. The highest BCUT2D eigenvalue weighted by Gasteiger charge is 2.64. The monoisotopic (exact) mass is 474 g/mol. The molecule has 8 atom stereocenters. The number of aliphatic hydroxyl groups is 2. The molecule has 0 amide bonds. The molecule has 0 bridgehead atoms. The van der Waals surface area contributed by atoms with E-state index in [1.54, 1.807) is 5.57 Å². The Morgan fingerprint density at radius 2 is 1.92 bits per heavy atom. The van der Waals surface area contributed by atoms with Gasteiger partial charge in [-0.05, 0) is 104 Å². The van der Waals surface area contributed by atoms with Crippen LogP contribution in [0.25, 0.3) is 0 Å². The van der Waals surface area contributed by atoms with E-state index in [9.17, 15) is 10.2 Å². The molecule has 0 heterocycles. The summed E-state index contributed by atoms with van der Waals surface area (Å²) in [5.74, 6) is 2.23. The third-order valence-electron chi connectivity index (χ3n) is 8.74. The van der Waals surface area contributed by atoms with Crippen LogP contribution in [0.4, 0.5) is 0 Å². The molecule has 2 N–H and O–H groups in total. The van der Waals surface area contributed by atoms with Crippen LogP contribution in [-0.2, 0) is 4.74 Å². The van der Waals surface area contributed by atoms with Gasteiger partial charge in [0.05, 0.1) is 18.8 Å². The van der Waals surface area contributed by atoms with Crippen LogP contribution in [-0.4, -0.2) is 32.6 Å². The van der Waals surface area contributed by atoms with Crippen molar-refractivity contribution in [1.29, 1.82) is 0 Å². The first kappa shape index (κ1) is 19.7. The number of allylic oxidation sites excluding steroid dienone is 1. The standard InChI is InChI=1S/C22H35IO3/c1-14(13-24)26-22(23)11-8-19-17-5-4-15-12-16(25)6-9-20(15,2)18(17)7-10-21(19,22)3/h4,14,16-19,24-25H,5-13H2,1-3H3/t14?,16-,17?,18?,19?,20-,21-,22-/m0/s1. The first-order chi connectivity index (χ1) is 12.2. The van der Waals surface area contributed by atoms with Crippen molar-refractivity contribution < 1.29 is 14.9 Å². The molecule has 3 nitrogen and oxygen atoms in total. The fraction of sp³-hybridized carbons (Fsp3) is 0.909. The average molecular weight is 474 g/mol. The molecule has 4 aliphatic rings. The van der Waals surface area contributed by atoms with Gasteiger partial charge in [-0.1, -0.05) is 25.5 Å². The number of halogens is 1. The van der Waals surface area contributed by atoms with Gasteiger partial charge in [0, 0.05) is 5.41 Å². The van der Waals surface area contributed by atoms with E-state index < -0.39 is 0 Å². The molecule has 4 unspecified atom stereocenters. The maximum absolute atomic E-state index is 10.1. The summed E-state index contributed by atoms with van der Waals surface area (Å²) in [6.07, 6.45) is 11.4. The topological polar surface area (TPSA) is 49.7 Å². The third kappa shape index (κ3) is 2.76. The second-order valence-corrected chi connectivity index (χ2v) is 11.7. The quantitative estimate of drug-likeness (QED) is 0.350. The summed E-state index contributed by atoms with van der Waals surface area (Å²) < 4.78 is 6.29. The maximum Gasteiger partial charge on any atom is 0.125 e. The van der Waals surface area contributed by atoms with Gasteiger partial charge in [0.15, 0.2) is 0 Å². The molecule has 3 fully saturated rings. The van der Waals surface area contributed by atoms with Crippen molar-refractivity contribution in [2.45, 2.75) is 88.0 Å². The average Bonchev–Trinajstić information content (AvgIpc) is 2.86. The van der Waals surface area contributed by atoms with Gasteiger partial charge in [0.2, 0.25) is 0 Å². The molecule has 0 aromatic rings. The molecular weight excluding hydrogens is 439 g/mol. The lowest BCUT2D eigenvalue weighted by Crippen LogP contribution is -2.54. The Hall–Kier alpha value is 0.350. The van der Waals surface area contributed by atoms with Crippen LogP contribution in [0.15, 0.2) is 11.6 Å². The van der Waals surface area contributed by atoms with Crippen LogP contribution < -0.4 is 0 Å². The summed E-state index contributed by atoms with van der Waals surface area (Å²) in [6.45, 7) is 7.04. The normalized spacial score (nSPS) is 51.8. The van der Waals surface area contributed by atoms with Crippen LogP contribution >= 0.6 is 22.6 Å². The number of aliphatic hydroxyl groups excluding tert-OH is 2. The van der Waals surface area contributed by atoms with Gasteiger partial charge < -0.3 is 14.9 Å². The summed E-state index contributed by atoms with van der Waals surface area (Å²) in [4.78, 5) is 0. The van der Waals surface area contributed by atoms with Crippen LogP contribution in [0.5, 0.6) is 0 Å². The van der Waals surface area contributed by atoms with E-state index in [1.807, 2.05) is 6.92 Å². The van der Waals surface area contributed by atoms with Crippen LogP contribution in [0.2, 0.25) is 0 Å². The van der Waals surface area contributed by atoms with Gasteiger partial charge in [0.1, 0.15) is 3.61 Å². The summed E-state index contributed by atoms with van der Waals surface area (Å²) in [5, 5.41) is 19.7. The lowest BCUT2D eigenvalue weighted by Gasteiger charge is -2.59. The Kier molecular flexibility index (Phi) is 5.07. The number of ether oxygens (including phenoxy) is 1. The van der Waals surface area contributed by atoms with Gasteiger partial charge >= 0.3 is 0 Å². The number of hydrogen-bond donors (Lipinski definition) is 2. The second kappa shape index (κ2) is 6.70. The summed E-state index contributed by atoms with van der Waals surface area (Å²) >= 11 is 2.58. The molecule has 148 valence electrons. The predicted octanol–water partition coefficient (Wildman–Crippen LogP) is 4.84. The molecule has 0 radical (unpaired) electrons. The fourth-order valence-corrected chi connectivity index (χ4v) is 8.55. The molecule has 0 aliphatic heterocycles. The maximum atomic E-state index is 10.1. The molecule has 0 saturated heterocycles.